The van der Waals surface area contributed by atoms with Crippen molar-refractivity contribution >= 4 is 17.2 Å². The van der Waals surface area contributed by atoms with Gasteiger partial charge in [-0.3, -0.25) is 14.8 Å². The number of hydrogen-bond donors (Lipinski definition) is 1. The predicted octanol–water partition coefficient (Wildman–Crippen LogP) is 4.80. The second kappa shape index (κ2) is 7.93. The zero-order valence-corrected chi connectivity index (χ0v) is 15.3. The SMILES string of the molecule is O=C(NCc1ccnc(-c2ccncc2)c1)c1ccc(-c2cccs2)cc1. The van der Waals surface area contributed by atoms with Gasteiger partial charge in [0, 0.05) is 41.1 Å². The molecule has 0 saturated heterocycles. The van der Waals surface area contributed by atoms with Gasteiger partial charge in [-0.05, 0) is 59.0 Å². The molecule has 0 aliphatic heterocycles. The van der Waals surface area contributed by atoms with Crippen LogP contribution in [-0.2, 0) is 6.54 Å². The van der Waals surface area contributed by atoms with Gasteiger partial charge in [0.2, 0.25) is 0 Å². The molecule has 132 valence electrons. The van der Waals surface area contributed by atoms with Gasteiger partial charge in [-0.15, -0.1) is 11.3 Å². The van der Waals surface area contributed by atoms with E-state index in [2.05, 4.69) is 21.4 Å². The maximum absolute atomic E-state index is 12.4. The van der Waals surface area contributed by atoms with Crippen molar-refractivity contribution in [3.05, 3.63) is 95.8 Å². The largest absolute Gasteiger partial charge is 0.348 e. The summed E-state index contributed by atoms with van der Waals surface area (Å²) in [4.78, 5) is 22.0. The quantitative estimate of drug-likeness (QED) is 0.548. The summed E-state index contributed by atoms with van der Waals surface area (Å²) in [7, 11) is 0. The Morgan fingerprint density at radius 2 is 1.74 bits per heavy atom. The minimum absolute atomic E-state index is 0.0880. The van der Waals surface area contributed by atoms with Gasteiger partial charge < -0.3 is 5.32 Å². The van der Waals surface area contributed by atoms with Crippen LogP contribution in [-0.4, -0.2) is 15.9 Å². The van der Waals surface area contributed by atoms with E-state index in [-0.39, 0.29) is 5.91 Å². The first-order valence-corrected chi connectivity index (χ1v) is 9.45. The van der Waals surface area contributed by atoms with Gasteiger partial charge >= 0.3 is 0 Å². The molecule has 1 amide bonds. The van der Waals surface area contributed by atoms with Gasteiger partial charge in [-0.2, -0.15) is 0 Å². The van der Waals surface area contributed by atoms with Crippen LogP contribution in [0.2, 0.25) is 0 Å². The van der Waals surface area contributed by atoms with Gasteiger partial charge in [-0.25, -0.2) is 0 Å². The highest BCUT2D eigenvalue weighted by atomic mass is 32.1. The lowest BCUT2D eigenvalue weighted by molar-refractivity contribution is 0.0951. The number of nitrogens with zero attached hydrogens (tertiary/aromatic N) is 2. The predicted molar refractivity (Wildman–Crippen MR) is 108 cm³/mol. The summed E-state index contributed by atoms with van der Waals surface area (Å²) in [5.74, 6) is -0.0880. The average Bonchev–Trinajstić information content (AvgIpc) is 3.28. The van der Waals surface area contributed by atoms with E-state index in [1.807, 2.05) is 60.0 Å². The zero-order valence-electron chi connectivity index (χ0n) is 14.5. The first-order chi connectivity index (χ1) is 13.3. The van der Waals surface area contributed by atoms with E-state index in [1.165, 1.54) is 4.88 Å². The summed E-state index contributed by atoms with van der Waals surface area (Å²) in [5, 5.41) is 5.02. The van der Waals surface area contributed by atoms with Crippen molar-refractivity contribution in [1.82, 2.24) is 15.3 Å². The van der Waals surface area contributed by atoms with Gasteiger partial charge in [0.1, 0.15) is 0 Å². The fourth-order valence-electron chi connectivity index (χ4n) is 2.78. The van der Waals surface area contributed by atoms with Crippen molar-refractivity contribution in [2.45, 2.75) is 6.54 Å². The van der Waals surface area contributed by atoms with Crippen LogP contribution in [0.25, 0.3) is 21.7 Å². The molecular formula is C22H17N3OS. The number of hydrogen-bond acceptors (Lipinski definition) is 4. The summed E-state index contributed by atoms with van der Waals surface area (Å²) in [6.07, 6.45) is 5.24. The van der Waals surface area contributed by atoms with Crippen molar-refractivity contribution in [2.24, 2.45) is 0 Å². The first-order valence-electron chi connectivity index (χ1n) is 8.57. The van der Waals surface area contributed by atoms with Crippen molar-refractivity contribution in [2.75, 3.05) is 0 Å². The Bertz CT molecular complexity index is 1030. The normalized spacial score (nSPS) is 10.5. The molecule has 0 radical (unpaired) electrons. The molecule has 3 heterocycles. The molecule has 1 N–H and O–H groups in total. The molecule has 0 spiro atoms. The standard InChI is InChI=1S/C22H17N3OS/c26-22(19-5-3-18(4-6-19)21-2-1-13-27-21)25-15-16-7-12-24-20(14-16)17-8-10-23-11-9-17/h1-14H,15H2,(H,25,26). The highest BCUT2D eigenvalue weighted by Gasteiger charge is 2.07. The van der Waals surface area contributed by atoms with E-state index >= 15 is 0 Å². The number of carbonyl (C=O) groups excluding carboxylic acids is 1. The zero-order chi connectivity index (χ0) is 18.5. The van der Waals surface area contributed by atoms with E-state index < -0.39 is 0 Å². The van der Waals surface area contributed by atoms with Crippen molar-refractivity contribution in [1.29, 1.82) is 0 Å². The molecule has 0 aliphatic rings. The number of thiophene rings is 1. The summed E-state index contributed by atoms with van der Waals surface area (Å²) in [6, 6.07) is 19.5. The molecule has 27 heavy (non-hydrogen) atoms. The maximum Gasteiger partial charge on any atom is 0.251 e. The van der Waals surface area contributed by atoms with Crippen molar-refractivity contribution in [3.8, 4) is 21.7 Å². The monoisotopic (exact) mass is 371 g/mol. The van der Waals surface area contributed by atoms with Crippen LogP contribution in [0.15, 0.2) is 84.6 Å². The number of carbonyl (C=O) groups is 1. The fraction of sp³-hybridized carbons (Fsp3) is 0.0455. The number of nitrogens with one attached hydrogen (secondary N) is 1. The minimum Gasteiger partial charge on any atom is -0.348 e. The highest BCUT2D eigenvalue weighted by Crippen LogP contribution is 2.24. The van der Waals surface area contributed by atoms with E-state index in [4.69, 9.17) is 0 Å². The van der Waals surface area contributed by atoms with Crippen LogP contribution in [0.4, 0.5) is 0 Å². The molecule has 0 unspecified atom stereocenters. The van der Waals surface area contributed by atoms with Crippen LogP contribution in [0.5, 0.6) is 0 Å². The lowest BCUT2D eigenvalue weighted by Crippen LogP contribution is -2.22. The Morgan fingerprint density at radius 1 is 0.926 bits per heavy atom. The molecule has 5 heteroatoms. The Morgan fingerprint density at radius 3 is 2.48 bits per heavy atom. The highest BCUT2D eigenvalue weighted by molar-refractivity contribution is 7.13. The second-order valence-corrected chi connectivity index (χ2v) is 6.97. The summed E-state index contributed by atoms with van der Waals surface area (Å²) < 4.78 is 0. The van der Waals surface area contributed by atoms with Crippen molar-refractivity contribution < 1.29 is 4.79 Å². The average molecular weight is 371 g/mol. The summed E-state index contributed by atoms with van der Waals surface area (Å²) in [6.45, 7) is 0.451. The number of benzene rings is 1. The third-order valence-corrected chi connectivity index (χ3v) is 5.13. The molecule has 0 aliphatic carbocycles. The van der Waals surface area contributed by atoms with Gasteiger partial charge in [-0.1, -0.05) is 18.2 Å². The Kier molecular flexibility index (Phi) is 5.03. The summed E-state index contributed by atoms with van der Waals surface area (Å²) >= 11 is 1.69. The third-order valence-electron chi connectivity index (χ3n) is 4.21. The van der Waals surface area contributed by atoms with E-state index in [0.717, 1.165) is 22.4 Å². The molecule has 4 rings (SSSR count). The van der Waals surface area contributed by atoms with Gasteiger partial charge in [0.15, 0.2) is 0 Å². The van der Waals surface area contributed by atoms with Crippen molar-refractivity contribution in [3.63, 3.8) is 0 Å². The van der Waals surface area contributed by atoms with Crippen LogP contribution in [0.3, 0.4) is 0 Å². The molecule has 4 aromatic rings. The number of amides is 1. The van der Waals surface area contributed by atoms with Crippen LogP contribution in [0.1, 0.15) is 15.9 Å². The topological polar surface area (TPSA) is 54.9 Å². The Balaban J connectivity index is 1.42. The van der Waals surface area contributed by atoms with E-state index in [9.17, 15) is 4.79 Å². The van der Waals surface area contributed by atoms with Gasteiger partial charge in [0.25, 0.3) is 5.91 Å². The number of rotatable bonds is 5. The Hall–Kier alpha value is -3.31. The van der Waals surface area contributed by atoms with Crippen LogP contribution < -0.4 is 5.32 Å². The lowest BCUT2D eigenvalue weighted by Gasteiger charge is -2.08. The van der Waals surface area contributed by atoms with Gasteiger partial charge in [0.05, 0.1) is 5.69 Å². The maximum atomic E-state index is 12.4. The number of pyridine rings is 2. The van der Waals surface area contributed by atoms with Crippen LogP contribution in [0, 0.1) is 0 Å². The molecule has 0 bridgehead atoms. The van der Waals surface area contributed by atoms with E-state index in [0.29, 0.717) is 12.1 Å². The molecule has 0 atom stereocenters. The molecule has 1 aromatic carbocycles. The second-order valence-electron chi connectivity index (χ2n) is 6.02. The fourth-order valence-corrected chi connectivity index (χ4v) is 3.51. The lowest BCUT2D eigenvalue weighted by atomic mass is 10.1. The Labute approximate surface area is 161 Å². The summed E-state index contributed by atoms with van der Waals surface area (Å²) in [5.41, 5.74) is 4.64. The molecular weight excluding hydrogens is 354 g/mol. The number of aromatic nitrogens is 2. The first kappa shape index (κ1) is 17.1. The molecule has 3 aromatic heterocycles. The molecule has 0 fully saturated rings. The van der Waals surface area contributed by atoms with Crippen LogP contribution >= 0.6 is 11.3 Å². The molecule has 0 saturated carbocycles. The minimum atomic E-state index is -0.0880. The third kappa shape index (κ3) is 4.10. The van der Waals surface area contributed by atoms with E-state index in [1.54, 1.807) is 29.9 Å². The smallest absolute Gasteiger partial charge is 0.251 e. The molecule has 4 nitrogen and oxygen atoms in total.